The molecule has 0 atom stereocenters. The van der Waals surface area contributed by atoms with Crippen molar-refractivity contribution in [2.45, 2.75) is 6.92 Å². The van der Waals surface area contributed by atoms with Crippen molar-refractivity contribution in [2.75, 3.05) is 7.11 Å². The highest BCUT2D eigenvalue weighted by molar-refractivity contribution is 8.18. The van der Waals surface area contributed by atoms with Crippen molar-refractivity contribution in [1.82, 2.24) is 5.32 Å². The summed E-state index contributed by atoms with van der Waals surface area (Å²) in [6.07, 6.45) is 2.46. The summed E-state index contributed by atoms with van der Waals surface area (Å²) in [5.41, 5.74) is 0.552. The fourth-order valence-corrected chi connectivity index (χ4v) is 2.36. The fraction of sp³-hybridized carbons (Fsp3) is 0.133. The Morgan fingerprint density at radius 2 is 2.04 bits per heavy atom. The predicted octanol–water partition coefficient (Wildman–Crippen LogP) is 1.22. The van der Waals surface area contributed by atoms with Crippen LogP contribution >= 0.6 is 11.8 Å². The normalized spacial score (nSPS) is 17.3. The summed E-state index contributed by atoms with van der Waals surface area (Å²) < 4.78 is 9.50. The van der Waals surface area contributed by atoms with Crippen LogP contribution in [0.5, 0.6) is 5.75 Å². The number of thioether (sulfide) groups is 1. The lowest BCUT2D eigenvalue weighted by Crippen LogP contribution is -2.19. The Bertz CT molecular complexity index is 770. The van der Waals surface area contributed by atoms with E-state index in [1.165, 1.54) is 20.2 Å². The summed E-state index contributed by atoms with van der Waals surface area (Å²) in [7, 11) is 1.22. The third-order valence-electron chi connectivity index (χ3n) is 2.62. The number of nitrogens with zero attached hydrogens (tertiary/aromatic N) is 2. The molecule has 1 N–H and O–H groups in total. The third-order valence-corrected chi connectivity index (χ3v) is 3.52. The zero-order valence-electron chi connectivity index (χ0n) is 12.8. The Hall–Kier alpha value is -2.94. The van der Waals surface area contributed by atoms with Crippen LogP contribution in [0.25, 0.3) is 0 Å². The number of carbonyl (C=O) groups is 3. The van der Waals surface area contributed by atoms with Crippen LogP contribution in [0.2, 0.25) is 0 Å². The molecular weight excluding hydrogens is 334 g/mol. The van der Waals surface area contributed by atoms with Crippen molar-refractivity contribution in [3.8, 4) is 5.75 Å². The molecule has 9 heteroatoms. The topological polar surface area (TPSA) is 106 Å². The molecule has 1 saturated heterocycles. The first-order valence-corrected chi connectivity index (χ1v) is 7.48. The molecule has 0 aliphatic carbocycles. The molecule has 124 valence electrons. The molecule has 1 aliphatic heterocycles. The van der Waals surface area contributed by atoms with Gasteiger partial charge < -0.3 is 9.47 Å². The summed E-state index contributed by atoms with van der Waals surface area (Å²) in [5, 5.41) is 10.4. The molecule has 1 aromatic rings. The summed E-state index contributed by atoms with van der Waals surface area (Å²) in [6, 6.07) is 6.80. The standard InChI is InChI=1S/C15H13N3O5S/c1-9(19)23-11-6-4-3-5-10(11)8-16-18-15-17-14(21)12(24-15)7-13(20)22-2/h3-8H,1-2H3,(H,17,18,21)/b12-7+,16-8?. The lowest BCUT2D eigenvalue weighted by molar-refractivity contribution is -0.135. The van der Waals surface area contributed by atoms with Crippen LogP contribution in [0.3, 0.4) is 0 Å². The number of methoxy groups -OCH3 is 1. The SMILES string of the molecule is COC(=O)/C=C1/S/C(=N\N=Cc2ccccc2OC(C)=O)NC1=O. The lowest BCUT2D eigenvalue weighted by atomic mass is 10.2. The van der Waals surface area contributed by atoms with E-state index in [2.05, 4.69) is 20.3 Å². The monoisotopic (exact) mass is 347 g/mol. The molecule has 0 radical (unpaired) electrons. The molecule has 1 aliphatic rings. The minimum Gasteiger partial charge on any atom is -0.466 e. The quantitative estimate of drug-likeness (QED) is 0.289. The smallest absolute Gasteiger partial charge is 0.331 e. The lowest BCUT2D eigenvalue weighted by Gasteiger charge is -2.03. The summed E-state index contributed by atoms with van der Waals surface area (Å²) in [4.78, 5) is 34.0. The minimum atomic E-state index is -0.632. The maximum absolute atomic E-state index is 11.6. The van der Waals surface area contributed by atoms with Crippen LogP contribution in [0.15, 0.2) is 45.4 Å². The summed E-state index contributed by atoms with van der Waals surface area (Å²) in [5.74, 6) is -1.19. The average Bonchev–Trinajstić information content (AvgIpc) is 2.88. The molecule has 0 aromatic heterocycles. The number of ether oxygens (including phenoxy) is 2. The number of para-hydroxylation sites is 1. The van der Waals surface area contributed by atoms with Crippen LogP contribution in [0, 0.1) is 0 Å². The Kier molecular flexibility index (Phi) is 5.85. The molecule has 1 fully saturated rings. The number of benzene rings is 1. The number of carbonyl (C=O) groups excluding carboxylic acids is 3. The minimum absolute atomic E-state index is 0.163. The Balaban J connectivity index is 2.11. The molecule has 1 heterocycles. The largest absolute Gasteiger partial charge is 0.466 e. The van der Waals surface area contributed by atoms with Gasteiger partial charge in [0.25, 0.3) is 5.91 Å². The molecule has 24 heavy (non-hydrogen) atoms. The zero-order valence-corrected chi connectivity index (χ0v) is 13.6. The van der Waals surface area contributed by atoms with E-state index in [0.29, 0.717) is 11.3 Å². The Morgan fingerprint density at radius 3 is 2.75 bits per heavy atom. The van der Waals surface area contributed by atoms with Crippen LogP contribution in [-0.4, -0.2) is 36.3 Å². The van der Waals surface area contributed by atoms with Gasteiger partial charge in [0, 0.05) is 18.6 Å². The van der Waals surface area contributed by atoms with Gasteiger partial charge in [-0.3, -0.25) is 14.9 Å². The molecule has 1 aromatic carbocycles. The van der Waals surface area contributed by atoms with E-state index in [4.69, 9.17) is 4.74 Å². The highest BCUT2D eigenvalue weighted by atomic mass is 32.2. The summed E-state index contributed by atoms with van der Waals surface area (Å²) >= 11 is 0.963. The summed E-state index contributed by atoms with van der Waals surface area (Å²) in [6.45, 7) is 1.30. The van der Waals surface area contributed by atoms with Gasteiger partial charge in [-0.05, 0) is 23.9 Å². The molecule has 8 nitrogen and oxygen atoms in total. The van der Waals surface area contributed by atoms with Gasteiger partial charge in [0.15, 0.2) is 5.17 Å². The van der Waals surface area contributed by atoms with E-state index >= 15 is 0 Å². The molecule has 0 unspecified atom stereocenters. The number of rotatable bonds is 4. The first-order valence-electron chi connectivity index (χ1n) is 6.67. The van der Waals surface area contributed by atoms with E-state index in [0.717, 1.165) is 17.8 Å². The maximum atomic E-state index is 11.6. The molecule has 0 spiro atoms. The number of amidine groups is 1. The van der Waals surface area contributed by atoms with Gasteiger partial charge in [-0.1, -0.05) is 12.1 Å². The Morgan fingerprint density at radius 1 is 1.29 bits per heavy atom. The van der Waals surface area contributed by atoms with Gasteiger partial charge in [-0.15, -0.1) is 5.10 Å². The predicted molar refractivity (Wildman–Crippen MR) is 88.6 cm³/mol. The number of hydrogen-bond donors (Lipinski definition) is 1. The van der Waals surface area contributed by atoms with E-state index in [9.17, 15) is 14.4 Å². The van der Waals surface area contributed by atoms with Crippen LogP contribution < -0.4 is 10.1 Å². The van der Waals surface area contributed by atoms with Gasteiger partial charge in [0.2, 0.25) is 0 Å². The van der Waals surface area contributed by atoms with Crippen LogP contribution in [0.4, 0.5) is 0 Å². The number of amides is 1. The zero-order chi connectivity index (χ0) is 17.5. The number of nitrogens with one attached hydrogen (secondary N) is 1. The van der Waals surface area contributed by atoms with Crippen LogP contribution in [0.1, 0.15) is 12.5 Å². The van der Waals surface area contributed by atoms with Crippen molar-refractivity contribution >= 4 is 41.0 Å². The van der Waals surface area contributed by atoms with Crippen molar-refractivity contribution in [1.29, 1.82) is 0 Å². The van der Waals surface area contributed by atoms with Crippen molar-refractivity contribution in [3.05, 3.63) is 40.8 Å². The Labute approximate surface area is 141 Å². The van der Waals surface area contributed by atoms with Gasteiger partial charge >= 0.3 is 11.9 Å². The van der Waals surface area contributed by atoms with E-state index in [-0.39, 0.29) is 10.1 Å². The van der Waals surface area contributed by atoms with Crippen molar-refractivity contribution in [2.24, 2.45) is 10.2 Å². The van der Waals surface area contributed by atoms with Gasteiger partial charge in [0.05, 0.1) is 18.2 Å². The molecule has 1 amide bonds. The second-order valence-corrected chi connectivity index (χ2v) is 5.40. The molecule has 2 rings (SSSR count). The second kappa shape index (κ2) is 8.06. The van der Waals surface area contributed by atoms with E-state index in [1.54, 1.807) is 24.3 Å². The first kappa shape index (κ1) is 17.4. The highest BCUT2D eigenvalue weighted by Crippen LogP contribution is 2.23. The van der Waals surface area contributed by atoms with Crippen LogP contribution in [-0.2, 0) is 19.1 Å². The molecular formula is C15H13N3O5S. The first-order chi connectivity index (χ1) is 11.5. The average molecular weight is 347 g/mol. The van der Waals surface area contributed by atoms with Crippen molar-refractivity contribution in [3.63, 3.8) is 0 Å². The van der Waals surface area contributed by atoms with Gasteiger partial charge in [0.1, 0.15) is 5.75 Å². The number of esters is 2. The van der Waals surface area contributed by atoms with Crippen molar-refractivity contribution < 1.29 is 23.9 Å². The van der Waals surface area contributed by atoms with E-state index < -0.39 is 17.8 Å². The maximum Gasteiger partial charge on any atom is 0.331 e. The fourth-order valence-electron chi connectivity index (χ4n) is 1.62. The third kappa shape index (κ3) is 4.78. The highest BCUT2D eigenvalue weighted by Gasteiger charge is 2.24. The van der Waals surface area contributed by atoms with Gasteiger partial charge in [-0.25, -0.2) is 4.79 Å². The van der Waals surface area contributed by atoms with E-state index in [1.807, 2.05) is 0 Å². The molecule has 0 saturated carbocycles. The second-order valence-electron chi connectivity index (χ2n) is 4.37. The molecule has 0 bridgehead atoms. The van der Waals surface area contributed by atoms with Gasteiger partial charge in [-0.2, -0.15) is 5.10 Å². The number of hydrogen-bond acceptors (Lipinski definition) is 8.